The van der Waals surface area contributed by atoms with Crippen molar-refractivity contribution < 1.29 is 14.0 Å². The molecule has 2 amide bonds. The summed E-state index contributed by atoms with van der Waals surface area (Å²) in [7, 11) is 0. The fraction of sp³-hybridized carbons (Fsp3) is 0.391. The fourth-order valence-corrected chi connectivity index (χ4v) is 3.88. The van der Waals surface area contributed by atoms with E-state index in [4.69, 9.17) is 11.6 Å². The van der Waals surface area contributed by atoms with Crippen LogP contribution >= 0.6 is 23.4 Å². The van der Waals surface area contributed by atoms with Gasteiger partial charge in [0, 0.05) is 29.4 Å². The molecule has 2 aromatic rings. The Balaban J connectivity index is 2.07. The van der Waals surface area contributed by atoms with E-state index in [0.29, 0.717) is 28.8 Å². The van der Waals surface area contributed by atoms with Crippen molar-refractivity contribution in [3.63, 3.8) is 0 Å². The van der Waals surface area contributed by atoms with Crippen LogP contribution in [0.2, 0.25) is 5.02 Å². The molecule has 0 radical (unpaired) electrons. The van der Waals surface area contributed by atoms with Crippen LogP contribution in [0.15, 0.2) is 48.5 Å². The predicted octanol–water partition coefficient (Wildman–Crippen LogP) is 4.90. The lowest BCUT2D eigenvalue weighted by molar-refractivity contribution is -0.138. The van der Waals surface area contributed by atoms with Crippen LogP contribution in [0.1, 0.15) is 31.9 Å². The van der Waals surface area contributed by atoms with E-state index >= 15 is 0 Å². The van der Waals surface area contributed by atoms with E-state index in [0.717, 1.165) is 5.56 Å². The van der Waals surface area contributed by atoms with Gasteiger partial charge in [-0.05, 0) is 36.6 Å². The second kappa shape index (κ2) is 12.0. The maximum absolute atomic E-state index is 14.2. The monoisotopic (exact) mass is 450 g/mol. The minimum absolute atomic E-state index is 0.0412. The van der Waals surface area contributed by atoms with Gasteiger partial charge in [0.15, 0.2) is 0 Å². The summed E-state index contributed by atoms with van der Waals surface area (Å²) in [5.41, 5.74) is 1.40. The number of carbonyl (C=O) groups is 2. The Morgan fingerprint density at radius 3 is 2.53 bits per heavy atom. The summed E-state index contributed by atoms with van der Waals surface area (Å²) in [5, 5.41) is 3.51. The van der Waals surface area contributed by atoms with Gasteiger partial charge in [-0.15, -0.1) is 11.8 Å². The summed E-state index contributed by atoms with van der Waals surface area (Å²) < 4.78 is 14.2. The highest BCUT2D eigenvalue weighted by Gasteiger charge is 2.26. The van der Waals surface area contributed by atoms with Crippen molar-refractivity contribution in [2.24, 2.45) is 5.92 Å². The van der Waals surface area contributed by atoms with Crippen molar-refractivity contribution in [1.82, 2.24) is 10.2 Å². The van der Waals surface area contributed by atoms with Crippen molar-refractivity contribution in [2.75, 3.05) is 12.3 Å². The molecule has 0 aliphatic carbocycles. The first-order chi connectivity index (χ1) is 14.3. The third-order valence-corrected chi connectivity index (χ3v) is 5.76. The number of rotatable bonds is 10. The van der Waals surface area contributed by atoms with Gasteiger partial charge in [0.05, 0.1) is 5.75 Å². The van der Waals surface area contributed by atoms with Crippen LogP contribution in [0, 0.1) is 11.7 Å². The number of thioether (sulfide) groups is 1. The Morgan fingerprint density at radius 2 is 1.87 bits per heavy atom. The van der Waals surface area contributed by atoms with Crippen molar-refractivity contribution >= 4 is 35.2 Å². The van der Waals surface area contributed by atoms with Gasteiger partial charge in [0.1, 0.15) is 11.9 Å². The Kier molecular flexibility index (Phi) is 9.66. The van der Waals surface area contributed by atoms with Crippen LogP contribution in [-0.2, 0) is 21.9 Å². The van der Waals surface area contributed by atoms with Gasteiger partial charge in [-0.1, -0.05) is 55.8 Å². The number of amides is 2. The van der Waals surface area contributed by atoms with E-state index in [-0.39, 0.29) is 24.1 Å². The smallest absolute Gasteiger partial charge is 0.242 e. The lowest BCUT2D eigenvalue weighted by Crippen LogP contribution is -2.48. The fourth-order valence-electron chi connectivity index (χ4n) is 2.81. The zero-order valence-corrected chi connectivity index (χ0v) is 19.1. The number of halogens is 2. The normalized spacial score (nSPS) is 11.9. The van der Waals surface area contributed by atoms with E-state index in [1.165, 1.54) is 22.7 Å². The first kappa shape index (κ1) is 24.2. The van der Waals surface area contributed by atoms with E-state index < -0.39 is 11.9 Å². The summed E-state index contributed by atoms with van der Waals surface area (Å²) >= 11 is 7.44. The zero-order chi connectivity index (χ0) is 22.1. The van der Waals surface area contributed by atoms with Gasteiger partial charge in [-0.3, -0.25) is 9.59 Å². The van der Waals surface area contributed by atoms with E-state index in [1.54, 1.807) is 31.2 Å². The highest BCUT2D eigenvalue weighted by molar-refractivity contribution is 7.99. The number of nitrogens with one attached hydrogen (secondary N) is 1. The van der Waals surface area contributed by atoms with E-state index in [2.05, 4.69) is 5.32 Å². The van der Waals surface area contributed by atoms with Crippen LogP contribution in [0.25, 0.3) is 0 Å². The summed E-state index contributed by atoms with van der Waals surface area (Å²) in [5.74, 6) is 0.254. The highest BCUT2D eigenvalue weighted by atomic mass is 35.5. The Morgan fingerprint density at radius 1 is 1.13 bits per heavy atom. The molecule has 0 saturated carbocycles. The van der Waals surface area contributed by atoms with E-state index in [9.17, 15) is 14.0 Å². The Bertz CT molecular complexity index is 863. The second-order valence-electron chi connectivity index (χ2n) is 7.55. The summed E-state index contributed by atoms with van der Waals surface area (Å²) in [6.45, 7) is 6.24. The molecule has 0 unspecified atom stereocenters. The van der Waals surface area contributed by atoms with Gasteiger partial charge < -0.3 is 10.2 Å². The number of benzene rings is 2. The van der Waals surface area contributed by atoms with Crippen molar-refractivity contribution in [3.8, 4) is 0 Å². The molecule has 1 N–H and O–H groups in total. The van der Waals surface area contributed by atoms with Crippen LogP contribution < -0.4 is 5.32 Å². The van der Waals surface area contributed by atoms with Gasteiger partial charge in [-0.25, -0.2) is 4.39 Å². The molecular formula is C23H28ClFN2O2S. The minimum Gasteiger partial charge on any atom is -0.354 e. The molecule has 0 aliphatic rings. The lowest BCUT2D eigenvalue weighted by atomic mass is 10.1. The molecule has 0 saturated heterocycles. The number of hydrogen-bond donors (Lipinski definition) is 1. The number of hydrogen-bond acceptors (Lipinski definition) is 3. The summed E-state index contributed by atoms with van der Waals surface area (Å²) in [4.78, 5) is 27.0. The SMILES string of the molecule is CC(C)CNC(=O)[C@@H](C)N(Cc1ccccc1F)C(=O)CSCc1cccc(Cl)c1. The molecule has 0 bridgehead atoms. The molecule has 2 rings (SSSR count). The topological polar surface area (TPSA) is 49.4 Å². The van der Waals surface area contributed by atoms with Gasteiger partial charge >= 0.3 is 0 Å². The van der Waals surface area contributed by atoms with Gasteiger partial charge in [0.25, 0.3) is 0 Å². The van der Waals surface area contributed by atoms with Gasteiger partial charge in [-0.2, -0.15) is 0 Å². The zero-order valence-electron chi connectivity index (χ0n) is 17.5. The molecule has 0 aromatic heterocycles. The molecule has 0 heterocycles. The summed E-state index contributed by atoms with van der Waals surface area (Å²) in [6.07, 6.45) is 0. The molecular weight excluding hydrogens is 423 g/mol. The molecule has 4 nitrogen and oxygen atoms in total. The van der Waals surface area contributed by atoms with Crippen LogP contribution in [0.3, 0.4) is 0 Å². The Hall–Kier alpha value is -2.05. The standard InChI is InChI=1S/C23H28ClFN2O2S/c1-16(2)12-26-23(29)17(3)27(13-19-8-4-5-10-21(19)25)22(28)15-30-14-18-7-6-9-20(24)11-18/h4-11,16-17H,12-15H2,1-3H3,(H,26,29)/t17-/m1/s1. The quantitative estimate of drug-likeness (QED) is 0.560. The van der Waals surface area contributed by atoms with Crippen molar-refractivity contribution in [2.45, 2.75) is 39.1 Å². The van der Waals surface area contributed by atoms with Crippen LogP contribution in [0.5, 0.6) is 0 Å². The molecule has 0 spiro atoms. The summed E-state index contributed by atoms with van der Waals surface area (Å²) in [6, 6.07) is 13.1. The average Bonchev–Trinajstić information content (AvgIpc) is 2.70. The maximum atomic E-state index is 14.2. The molecule has 1 atom stereocenters. The molecule has 162 valence electrons. The third kappa shape index (κ3) is 7.65. The second-order valence-corrected chi connectivity index (χ2v) is 8.97. The molecule has 7 heteroatoms. The molecule has 0 aliphatic heterocycles. The molecule has 2 aromatic carbocycles. The third-order valence-electron chi connectivity index (χ3n) is 4.53. The van der Waals surface area contributed by atoms with E-state index in [1.807, 2.05) is 32.0 Å². The predicted molar refractivity (Wildman–Crippen MR) is 122 cm³/mol. The largest absolute Gasteiger partial charge is 0.354 e. The first-order valence-electron chi connectivity index (χ1n) is 9.90. The van der Waals surface area contributed by atoms with Crippen molar-refractivity contribution in [1.29, 1.82) is 0 Å². The molecule has 30 heavy (non-hydrogen) atoms. The highest BCUT2D eigenvalue weighted by Crippen LogP contribution is 2.19. The van der Waals surface area contributed by atoms with Crippen molar-refractivity contribution in [3.05, 3.63) is 70.5 Å². The van der Waals surface area contributed by atoms with Crippen LogP contribution in [-0.4, -0.2) is 35.1 Å². The first-order valence-corrected chi connectivity index (χ1v) is 11.4. The van der Waals surface area contributed by atoms with Gasteiger partial charge in [0.2, 0.25) is 11.8 Å². The Labute approximate surface area is 187 Å². The number of nitrogens with zero attached hydrogens (tertiary/aromatic N) is 1. The number of carbonyl (C=O) groups excluding carboxylic acids is 2. The average molecular weight is 451 g/mol. The lowest BCUT2D eigenvalue weighted by Gasteiger charge is -2.29. The molecule has 0 fully saturated rings. The maximum Gasteiger partial charge on any atom is 0.242 e. The minimum atomic E-state index is -0.706. The van der Waals surface area contributed by atoms with Crippen LogP contribution in [0.4, 0.5) is 4.39 Å².